The Balaban J connectivity index is 2.98. The number of carboxylic acids is 1. The Morgan fingerprint density at radius 3 is 2.12 bits per heavy atom. The lowest BCUT2D eigenvalue weighted by molar-refractivity contribution is -0.142. The molecule has 17 heavy (non-hydrogen) atoms. The smallest absolute Gasteiger partial charge is 0.307 e. The molecule has 0 fully saturated rings. The zero-order valence-corrected chi connectivity index (χ0v) is 10.6. The van der Waals surface area contributed by atoms with E-state index in [0.717, 1.165) is 5.56 Å². The Hall–Kier alpha value is -1.35. The van der Waals surface area contributed by atoms with Crippen LogP contribution in [-0.2, 0) is 4.79 Å². The SMILES string of the molecule is CC(C)C(c1ccccc1)C(N)C(C)C(=O)O. The molecule has 0 saturated carbocycles. The topological polar surface area (TPSA) is 63.3 Å². The molecular weight excluding hydrogens is 214 g/mol. The van der Waals surface area contributed by atoms with Gasteiger partial charge in [0.15, 0.2) is 0 Å². The minimum Gasteiger partial charge on any atom is -0.481 e. The number of nitrogens with two attached hydrogens (primary N) is 1. The third kappa shape index (κ3) is 3.30. The highest BCUT2D eigenvalue weighted by Crippen LogP contribution is 2.30. The molecule has 0 radical (unpaired) electrons. The van der Waals surface area contributed by atoms with Crippen molar-refractivity contribution in [1.82, 2.24) is 0 Å². The Bertz CT molecular complexity index is 362. The summed E-state index contributed by atoms with van der Waals surface area (Å²) >= 11 is 0. The number of benzene rings is 1. The van der Waals surface area contributed by atoms with Gasteiger partial charge in [-0.25, -0.2) is 0 Å². The van der Waals surface area contributed by atoms with Crippen LogP contribution in [0.3, 0.4) is 0 Å². The molecule has 3 N–H and O–H groups in total. The zero-order valence-electron chi connectivity index (χ0n) is 10.6. The van der Waals surface area contributed by atoms with Crippen molar-refractivity contribution < 1.29 is 9.90 Å². The summed E-state index contributed by atoms with van der Waals surface area (Å²) in [6, 6.07) is 9.53. The Labute approximate surface area is 103 Å². The average molecular weight is 235 g/mol. The van der Waals surface area contributed by atoms with Gasteiger partial charge in [-0.1, -0.05) is 51.1 Å². The minimum absolute atomic E-state index is 0.0716. The molecule has 0 saturated heterocycles. The third-order valence-electron chi connectivity index (χ3n) is 3.28. The molecule has 1 aromatic rings. The summed E-state index contributed by atoms with van der Waals surface area (Å²) in [6.45, 7) is 5.82. The summed E-state index contributed by atoms with van der Waals surface area (Å²) in [6.07, 6.45) is 0. The van der Waals surface area contributed by atoms with Crippen LogP contribution in [0.5, 0.6) is 0 Å². The van der Waals surface area contributed by atoms with Gasteiger partial charge < -0.3 is 10.8 Å². The molecule has 3 unspecified atom stereocenters. The van der Waals surface area contributed by atoms with Crippen molar-refractivity contribution >= 4 is 5.97 Å². The van der Waals surface area contributed by atoms with Crippen LogP contribution in [0.4, 0.5) is 0 Å². The molecule has 0 aromatic heterocycles. The molecule has 0 aliphatic rings. The maximum Gasteiger partial charge on any atom is 0.307 e. The lowest BCUT2D eigenvalue weighted by Gasteiger charge is -2.30. The first-order valence-corrected chi connectivity index (χ1v) is 5.98. The Kier molecular flexibility index (Phi) is 4.70. The highest BCUT2D eigenvalue weighted by Gasteiger charge is 2.30. The molecule has 3 nitrogen and oxygen atoms in total. The summed E-state index contributed by atoms with van der Waals surface area (Å²) in [7, 11) is 0. The number of rotatable bonds is 5. The van der Waals surface area contributed by atoms with Crippen molar-refractivity contribution in [2.24, 2.45) is 17.6 Å². The summed E-state index contributed by atoms with van der Waals surface area (Å²) in [5, 5.41) is 9.05. The number of hydrogen-bond acceptors (Lipinski definition) is 2. The van der Waals surface area contributed by atoms with Gasteiger partial charge in [-0.3, -0.25) is 4.79 Å². The van der Waals surface area contributed by atoms with Crippen LogP contribution >= 0.6 is 0 Å². The summed E-state index contributed by atoms with van der Waals surface area (Å²) in [5.41, 5.74) is 7.23. The van der Waals surface area contributed by atoms with E-state index in [1.807, 2.05) is 30.3 Å². The van der Waals surface area contributed by atoms with Gasteiger partial charge in [0.05, 0.1) is 5.92 Å². The highest BCUT2D eigenvalue weighted by molar-refractivity contribution is 5.70. The van der Waals surface area contributed by atoms with E-state index in [1.54, 1.807) is 6.92 Å². The fourth-order valence-electron chi connectivity index (χ4n) is 2.20. The van der Waals surface area contributed by atoms with Gasteiger partial charge in [-0.05, 0) is 11.5 Å². The predicted molar refractivity (Wildman–Crippen MR) is 68.8 cm³/mol. The molecule has 0 bridgehead atoms. The van der Waals surface area contributed by atoms with Gasteiger partial charge in [0.2, 0.25) is 0 Å². The monoisotopic (exact) mass is 235 g/mol. The van der Waals surface area contributed by atoms with E-state index in [-0.39, 0.29) is 12.0 Å². The van der Waals surface area contributed by atoms with Gasteiger partial charge in [0.25, 0.3) is 0 Å². The van der Waals surface area contributed by atoms with Crippen molar-refractivity contribution in [1.29, 1.82) is 0 Å². The van der Waals surface area contributed by atoms with Gasteiger partial charge in [0, 0.05) is 12.0 Å². The number of aliphatic carboxylic acids is 1. The fraction of sp³-hybridized carbons (Fsp3) is 0.500. The molecule has 3 heteroatoms. The number of carbonyl (C=O) groups is 1. The maximum absolute atomic E-state index is 11.0. The summed E-state index contributed by atoms with van der Waals surface area (Å²) in [4.78, 5) is 11.0. The first-order valence-electron chi connectivity index (χ1n) is 5.98. The van der Waals surface area contributed by atoms with Crippen LogP contribution in [0.2, 0.25) is 0 Å². The van der Waals surface area contributed by atoms with Gasteiger partial charge >= 0.3 is 5.97 Å². The highest BCUT2D eigenvalue weighted by atomic mass is 16.4. The minimum atomic E-state index is -0.834. The summed E-state index contributed by atoms with van der Waals surface area (Å²) < 4.78 is 0. The van der Waals surface area contributed by atoms with Crippen molar-refractivity contribution in [3.05, 3.63) is 35.9 Å². The standard InChI is InChI=1S/C14H21NO2/c1-9(2)12(11-7-5-4-6-8-11)13(15)10(3)14(16)17/h4-10,12-13H,15H2,1-3H3,(H,16,17). The normalized spacial score (nSPS) is 16.5. The van der Waals surface area contributed by atoms with E-state index in [1.165, 1.54) is 0 Å². The predicted octanol–water partition coefficient (Wildman–Crippen LogP) is 2.47. The van der Waals surface area contributed by atoms with Crippen LogP contribution in [0.15, 0.2) is 30.3 Å². The quantitative estimate of drug-likeness (QED) is 0.824. The van der Waals surface area contributed by atoms with Gasteiger partial charge in [0.1, 0.15) is 0 Å². The molecule has 0 spiro atoms. The van der Waals surface area contributed by atoms with Crippen LogP contribution in [0.25, 0.3) is 0 Å². The molecule has 94 valence electrons. The first-order chi connectivity index (χ1) is 7.95. The first kappa shape index (κ1) is 13.7. The molecule has 0 aliphatic heterocycles. The van der Waals surface area contributed by atoms with Crippen molar-refractivity contribution in [3.8, 4) is 0 Å². The lowest BCUT2D eigenvalue weighted by atomic mass is 9.78. The zero-order chi connectivity index (χ0) is 13.0. The Morgan fingerprint density at radius 1 is 1.18 bits per heavy atom. The molecule has 0 amide bonds. The second kappa shape index (κ2) is 5.82. The molecule has 3 atom stereocenters. The van der Waals surface area contributed by atoms with Crippen LogP contribution < -0.4 is 5.73 Å². The number of carboxylic acid groups (broad SMARTS) is 1. The fourth-order valence-corrected chi connectivity index (χ4v) is 2.20. The van der Waals surface area contributed by atoms with Gasteiger partial charge in [-0.15, -0.1) is 0 Å². The Morgan fingerprint density at radius 2 is 1.71 bits per heavy atom. The van der Waals surface area contributed by atoms with Crippen molar-refractivity contribution in [2.75, 3.05) is 0 Å². The maximum atomic E-state index is 11.0. The second-order valence-corrected chi connectivity index (χ2v) is 4.88. The van der Waals surface area contributed by atoms with Crippen LogP contribution in [0.1, 0.15) is 32.3 Å². The van der Waals surface area contributed by atoms with E-state index in [0.29, 0.717) is 5.92 Å². The van der Waals surface area contributed by atoms with E-state index in [4.69, 9.17) is 10.8 Å². The third-order valence-corrected chi connectivity index (χ3v) is 3.28. The van der Waals surface area contributed by atoms with Crippen molar-refractivity contribution in [2.45, 2.75) is 32.7 Å². The van der Waals surface area contributed by atoms with E-state index in [9.17, 15) is 4.79 Å². The van der Waals surface area contributed by atoms with Gasteiger partial charge in [-0.2, -0.15) is 0 Å². The van der Waals surface area contributed by atoms with Crippen LogP contribution in [0, 0.1) is 11.8 Å². The average Bonchev–Trinajstić information content (AvgIpc) is 2.28. The molecule has 0 heterocycles. The molecule has 1 rings (SSSR count). The van der Waals surface area contributed by atoms with Crippen LogP contribution in [-0.4, -0.2) is 17.1 Å². The molecular formula is C14H21NO2. The van der Waals surface area contributed by atoms with E-state index >= 15 is 0 Å². The summed E-state index contributed by atoms with van der Waals surface area (Å²) in [5.74, 6) is -0.988. The van der Waals surface area contributed by atoms with E-state index < -0.39 is 11.9 Å². The molecule has 0 aliphatic carbocycles. The van der Waals surface area contributed by atoms with E-state index in [2.05, 4.69) is 13.8 Å². The lowest BCUT2D eigenvalue weighted by Crippen LogP contribution is -2.40. The molecule has 1 aromatic carbocycles. The largest absolute Gasteiger partial charge is 0.481 e. The number of hydrogen-bond donors (Lipinski definition) is 2. The van der Waals surface area contributed by atoms with Crippen molar-refractivity contribution in [3.63, 3.8) is 0 Å². The second-order valence-electron chi connectivity index (χ2n) is 4.88.